The van der Waals surface area contributed by atoms with Crippen molar-refractivity contribution in [2.75, 3.05) is 55.5 Å². The van der Waals surface area contributed by atoms with Crippen molar-refractivity contribution < 1.29 is 9.47 Å². The number of aromatic nitrogens is 4. The molecule has 5 rings (SSSR count). The number of halogens is 1. The minimum absolute atomic E-state index is 0.525. The van der Waals surface area contributed by atoms with Gasteiger partial charge in [-0.05, 0) is 55.0 Å². The van der Waals surface area contributed by atoms with Crippen LogP contribution in [0, 0.1) is 0 Å². The van der Waals surface area contributed by atoms with Gasteiger partial charge in [-0.1, -0.05) is 11.6 Å². The molecule has 186 valence electrons. The molecule has 2 aromatic heterocycles. The monoisotopic (exact) mass is 505 g/mol. The zero-order valence-electron chi connectivity index (χ0n) is 20.1. The Bertz CT molecular complexity index is 1310. The number of aryl methyl sites for hydroxylation is 1. The summed E-state index contributed by atoms with van der Waals surface area (Å²) in [6.45, 7) is 3.61. The first kappa shape index (κ1) is 24.0. The van der Waals surface area contributed by atoms with Gasteiger partial charge in [0.1, 0.15) is 11.6 Å². The molecule has 10 heteroatoms. The molecule has 0 bridgehead atoms. The van der Waals surface area contributed by atoms with E-state index >= 15 is 0 Å². The maximum Gasteiger partial charge on any atom is 0.232 e. The van der Waals surface area contributed by atoms with Crippen LogP contribution in [0.4, 0.5) is 23.3 Å². The van der Waals surface area contributed by atoms with Crippen LogP contribution in [0.2, 0.25) is 5.02 Å². The molecule has 0 spiro atoms. The fraction of sp³-hybridized carbons (Fsp3) is 0.308. The van der Waals surface area contributed by atoms with Gasteiger partial charge in [0.05, 0.1) is 25.8 Å². The molecule has 0 aliphatic carbocycles. The lowest BCUT2D eigenvalue weighted by atomic mass is 10.2. The summed E-state index contributed by atoms with van der Waals surface area (Å²) >= 11 is 6.11. The molecule has 1 fully saturated rings. The van der Waals surface area contributed by atoms with Gasteiger partial charge in [-0.25, -0.2) is 0 Å². The molecule has 9 nitrogen and oxygen atoms in total. The zero-order chi connectivity index (χ0) is 24.7. The molecule has 36 heavy (non-hydrogen) atoms. The molecule has 2 aromatic carbocycles. The van der Waals surface area contributed by atoms with Crippen LogP contribution in [0.3, 0.4) is 0 Å². The number of hydrogen-bond acceptors (Lipinski definition) is 9. The van der Waals surface area contributed by atoms with E-state index in [0.717, 1.165) is 59.9 Å². The number of rotatable bonds is 9. The van der Waals surface area contributed by atoms with E-state index in [4.69, 9.17) is 31.0 Å². The lowest BCUT2D eigenvalue weighted by Crippen LogP contribution is -2.37. The molecule has 0 atom stereocenters. The van der Waals surface area contributed by atoms with E-state index < -0.39 is 0 Å². The summed E-state index contributed by atoms with van der Waals surface area (Å²) in [6, 6.07) is 15.4. The number of methoxy groups -OCH3 is 1. The molecular weight excluding hydrogens is 478 g/mol. The Morgan fingerprint density at radius 3 is 2.67 bits per heavy atom. The summed E-state index contributed by atoms with van der Waals surface area (Å²) in [7, 11) is 1.65. The van der Waals surface area contributed by atoms with Crippen molar-refractivity contribution in [3.63, 3.8) is 0 Å². The highest BCUT2D eigenvalue weighted by Crippen LogP contribution is 2.25. The van der Waals surface area contributed by atoms with Crippen molar-refractivity contribution in [3.05, 3.63) is 65.6 Å². The fourth-order valence-corrected chi connectivity index (χ4v) is 4.19. The van der Waals surface area contributed by atoms with E-state index in [-0.39, 0.29) is 0 Å². The van der Waals surface area contributed by atoms with Gasteiger partial charge < -0.3 is 25.0 Å². The molecule has 0 radical (unpaired) electrons. The Morgan fingerprint density at radius 1 is 1.03 bits per heavy atom. The van der Waals surface area contributed by atoms with Gasteiger partial charge >= 0.3 is 0 Å². The number of fused-ring (bicyclic) bond motifs is 1. The van der Waals surface area contributed by atoms with Crippen molar-refractivity contribution in [2.45, 2.75) is 12.8 Å². The maximum absolute atomic E-state index is 6.11. The molecule has 1 saturated heterocycles. The minimum atomic E-state index is 0.525. The summed E-state index contributed by atoms with van der Waals surface area (Å²) in [6.07, 6.45) is 3.35. The van der Waals surface area contributed by atoms with Gasteiger partial charge in [0.15, 0.2) is 0 Å². The standard InChI is InChI=1S/C26H28ClN7O2/c1-35-20-7-5-19(6-8-20)30-25-31-24(32-26(33-25)34-13-15-36-16-14-34)3-2-11-28-22-10-12-29-23-17-18(27)4-9-21(22)23/h4-10,12,17H,2-3,11,13-16H2,1H3,(H,28,29)(H,30,31,32,33). The van der Waals surface area contributed by atoms with Crippen molar-refractivity contribution in [2.24, 2.45) is 0 Å². The third-order valence-corrected chi connectivity index (χ3v) is 6.14. The number of nitrogens with zero attached hydrogens (tertiary/aromatic N) is 5. The second kappa shape index (κ2) is 11.4. The van der Waals surface area contributed by atoms with Crippen LogP contribution < -0.4 is 20.3 Å². The predicted molar refractivity (Wildman–Crippen MR) is 143 cm³/mol. The molecule has 4 aromatic rings. The van der Waals surface area contributed by atoms with Gasteiger partial charge in [0, 0.05) is 54.0 Å². The minimum Gasteiger partial charge on any atom is -0.497 e. The first-order chi connectivity index (χ1) is 17.7. The summed E-state index contributed by atoms with van der Waals surface area (Å²) in [5.41, 5.74) is 2.78. The number of pyridine rings is 1. The first-order valence-corrected chi connectivity index (χ1v) is 12.3. The Balaban J connectivity index is 1.28. The van der Waals surface area contributed by atoms with Gasteiger partial charge in [-0.2, -0.15) is 15.0 Å². The first-order valence-electron chi connectivity index (χ1n) is 11.9. The third-order valence-electron chi connectivity index (χ3n) is 5.91. The molecular formula is C26H28ClN7O2. The molecule has 0 saturated carbocycles. The Hall–Kier alpha value is -3.69. The molecule has 3 heterocycles. The second-order valence-corrected chi connectivity index (χ2v) is 8.81. The smallest absolute Gasteiger partial charge is 0.232 e. The van der Waals surface area contributed by atoms with Crippen LogP contribution in [0.15, 0.2) is 54.7 Å². The van der Waals surface area contributed by atoms with Gasteiger partial charge in [0.25, 0.3) is 0 Å². The Morgan fingerprint density at radius 2 is 1.86 bits per heavy atom. The highest BCUT2D eigenvalue weighted by molar-refractivity contribution is 6.31. The van der Waals surface area contributed by atoms with E-state index in [9.17, 15) is 0 Å². The lowest BCUT2D eigenvalue weighted by molar-refractivity contribution is 0.122. The van der Waals surface area contributed by atoms with Crippen LogP contribution in [0.25, 0.3) is 10.9 Å². The number of nitrogens with one attached hydrogen (secondary N) is 2. The number of morpholine rings is 1. The average Bonchev–Trinajstić information content (AvgIpc) is 2.92. The van der Waals surface area contributed by atoms with Crippen LogP contribution in [0.1, 0.15) is 12.2 Å². The second-order valence-electron chi connectivity index (χ2n) is 8.38. The number of anilines is 4. The van der Waals surface area contributed by atoms with E-state index in [1.807, 2.05) is 48.5 Å². The normalized spacial score (nSPS) is 13.6. The van der Waals surface area contributed by atoms with Crippen molar-refractivity contribution in [3.8, 4) is 5.75 Å². The van der Waals surface area contributed by atoms with Crippen LogP contribution in [-0.4, -0.2) is 59.9 Å². The largest absolute Gasteiger partial charge is 0.497 e. The van der Waals surface area contributed by atoms with Crippen LogP contribution in [-0.2, 0) is 11.2 Å². The quantitative estimate of drug-likeness (QED) is 0.313. The van der Waals surface area contributed by atoms with Crippen LogP contribution in [0.5, 0.6) is 5.75 Å². The lowest BCUT2D eigenvalue weighted by Gasteiger charge is -2.27. The number of ether oxygens (including phenoxy) is 2. The van der Waals surface area contributed by atoms with Gasteiger partial charge in [0.2, 0.25) is 11.9 Å². The summed E-state index contributed by atoms with van der Waals surface area (Å²) < 4.78 is 10.7. The zero-order valence-corrected chi connectivity index (χ0v) is 20.8. The Labute approximate surface area is 214 Å². The van der Waals surface area contributed by atoms with E-state index in [2.05, 4.69) is 25.5 Å². The Kier molecular flexibility index (Phi) is 7.58. The van der Waals surface area contributed by atoms with E-state index in [1.165, 1.54) is 0 Å². The topological polar surface area (TPSA) is 97.3 Å². The van der Waals surface area contributed by atoms with Crippen molar-refractivity contribution >= 4 is 45.8 Å². The summed E-state index contributed by atoms with van der Waals surface area (Å²) in [4.78, 5) is 20.7. The van der Waals surface area contributed by atoms with Gasteiger partial charge in [-0.3, -0.25) is 4.98 Å². The highest BCUT2D eigenvalue weighted by Gasteiger charge is 2.17. The van der Waals surface area contributed by atoms with Crippen molar-refractivity contribution in [1.29, 1.82) is 0 Å². The SMILES string of the molecule is COc1ccc(Nc2nc(CCCNc3ccnc4cc(Cl)ccc34)nc(N3CCOCC3)n2)cc1. The molecule has 0 unspecified atom stereocenters. The van der Waals surface area contributed by atoms with Crippen LogP contribution >= 0.6 is 11.6 Å². The molecule has 0 amide bonds. The maximum atomic E-state index is 6.11. The number of benzene rings is 2. The van der Waals surface area contributed by atoms with E-state index in [0.29, 0.717) is 36.6 Å². The highest BCUT2D eigenvalue weighted by atomic mass is 35.5. The summed E-state index contributed by atoms with van der Waals surface area (Å²) in [5.74, 6) is 2.74. The van der Waals surface area contributed by atoms with Gasteiger partial charge in [-0.15, -0.1) is 0 Å². The molecule has 1 aliphatic rings. The average molecular weight is 506 g/mol. The van der Waals surface area contributed by atoms with Crippen molar-refractivity contribution in [1.82, 2.24) is 19.9 Å². The fourth-order valence-electron chi connectivity index (χ4n) is 4.03. The molecule has 2 N–H and O–H groups in total. The summed E-state index contributed by atoms with van der Waals surface area (Å²) in [5, 5.41) is 8.54. The molecule has 1 aliphatic heterocycles. The predicted octanol–water partition coefficient (Wildman–Crippen LogP) is 4.71. The number of hydrogen-bond donors (Lipinski definition) is 2. The third kappa shape index (κ3) is 5.92. The van der Waals surface area contributed by atoms with E-state index in [1.54, 1.807) is 13.3 Å².